The van der Waals surface area contributed by atoms with Gasteiger partial charge in [0.2, 0.25) is 5.82 Å². The van der Waals surface area contributed by atoms with Crippen LogP contribution in [0.4, 0.5) is 22.0 Å². The van der Waals surface area contributed by atoms with Gasteiger partial charge in [-0.15, -0.1) is 0 Å². The summed E-state index contributed by atoms with van der Waals surface area (Å²) < 4.78 is 70.8. The van der Waals surface area contributed by atoms with Gasteiger partial charge in [0, 0.05) is 0 Å². The third kappa shape index (κ3) is 3.49. The van der Waals surface area contributed by atoms with E-state index in [9.17, 15) is 22.0 Å². The van der Waals surface area contributed by atoms with Crippen LogP contribution >= 0.6 is 27.4 Å². The highest BCUT2D eigenvalue weighted by Gasteiger charge is 2.54. The fourth-order valence-corrected chi connectivity index (χ4v) is 13.5. The number of nitrogens with two attached hydrogens (primary N) is 1. The van der Waals surface area contributed by atoms with E-state index < -0.39 is 44.4 Å². The van der Waals surface area contributed by atoms with Crippen LogP contribution < -0.4 is 5.73 Å². The highest BCUT2D eigenvalue weighted by Crippen LogP contribution is 2.81. The molecule has 1 saturated heterocycles. The smallest absolute Gasteiger partial charge is 0.200 e. The molecule has 2 aliphatic rings. The summed E-state index contributed by atoms with van der Waals surface area (Å²) in [5.74, 6) is -9.78. The van der Waals surface area contributed by atoms with Crippen molar-refractivity contribution < 1.29 is 26.5 Å². The van der Waals surface area contributed by atoms with Crippen molar-refractivity contribution in [2.75, 3.05) is 0 Å². The van der Waals surface area contributed by atoms with Crippen molar-refractivity contribution in [2.24, 2.45) is 11.7 Å². The molecule has 1 aromatic carbocycles. The number of hydrogen-bond acceptors (Lipinski definition) is 5. The van der Waals surface area contributed by atoms with E-state index in [-0.39, 0.29) is 11.2 Å². The summed E-state index contributed by atoms with van der Waals surface area (Å²) in [7, 11) is 0. The lowest BCUT2D eigenvalue weighted by Gasteiger charge is -2.37. The first kappa shape index (κ1) is 20.6. The molecular weight excluding hydrogens is 432 g/mol. The SMILES string of the molecule is C=C(C)[C@H]1CC[C@@]2(N)O[P@@](=S)(Sc3c(F)c(F)c(F)c(F)c3F)S[C@@H]2C1. The number of rotatable bonds is 3. The molecule has 1 aliphatic heterocycles. The highest BCUT2D eigenvalue weighted by molar-refractivity contribution is 8.99. The Labute approximate surface area is 160 Å². The van der Waals surface area contributed by atoms with Crippen LogP contribution in [0.15, 0.2) is 17.0 Å². The minimum absolute atomic E-state index is 0.224. The lowest BCUT2D eigenvalue weighted by atomic mass is 9.80. The number of hydrogen-bond donors (Lipinski definition) is 1. The fourth-order valence-electron chi connectivity index (χ4n) is 3.02. The molecule has 2 N–H and O–H groups in total. The molecular formula is C15H15F5NOPS3. The third-order valence-electron chi connectivity index (χ3n) is 4.53. The second kappa shape index (κ2) is 7.04. The van der Waals surface area contributed by atoms with Gasteiger partial charge in [0.05, 0.1) is 10.1 Å². The second-order valence-corrected chi connectivity index (χ2v) is 16.7. The molecule has 2 nitrogen and oxygen atoms in total. The van der Waals surface area contributed by atoms with Crippen molar-refractivity contribution in [1.29, 1.82) is 0 Å². The second-order valence-electron chi connectivity index (χ2n) is 6.40. The Morgan fingerprint density at radius 1 is 1.23 bits per heavy atom. The van der Waals surface area contributed by atoms with Gasteiger partial charge in [0.1, 0.15) is 5.72 Å². The maximum Gasteiger partial charge on any atom is 0.200 e. The Hall–Kier alpha value is -0.120. The van der Waals surface area contributed by atoms with Crippen molar-refractivity contribution >= 4 is 39.2 Å². The van der Waals surface area contributed by atoms with Crippen LogP contribution in [-0.2, 0) is 16.3 Å². The molecule has 26 heavy (non-hydrogen) atoms. The van der Waals surface area contributed by atoms with E-state index in [1.54, 1.807) is 0 Å². The molecule has 11 heteroatoms. The largest absolute Gasteiger partial charge is 0.311 e. The van der Waals surface area contributed by atoms with Gasteiger partial charge in [0.25, 0.3) is 0 Å². The van der Waals surface area contributed by atoms with E-state index in [2.05, 4.69) is 6.58 Å². The Bertz CT molecular complexity index is 809. The molecule has 1 aromatic rings. The van der Waals surface area contributed by atoms with Crippen LogP contribution in [0, 0.1) is 35.0 Å². The maximum atomic E-state index is 14.0. The quantitative estimate of drug-likeness (QED) is 0.206. The maximum absolute atomic E-state index is 14.0. The first-order valence-electron chi connectivity index (χ1n) is 7.62. The summed E-state index contributed by atoms with van der Waals surface area (Å²) in [6.45, 7) is 5.85. The zero-order valence-electron chi connectivity index (χ0n) is 13.5. The van der Waals surface area contributed by atoms with Crippen LogP contribution in [0.25, 0.3) is 0 Å². The van der Waals surface area contributed by atoms with Crippen LogP contribution in [-0.4, -0.2) is 11.0 Å². The molecule has 0 radical (unpaired) electrons. The minimum atomic E-state index is -3.05. The molecule has 1 saturated carbocycles. The van der Waals surface area contributed by atoms with E-state index >= 15 is 0 Å². The molecule has 1 aliphatic carbocycles. The number of fused-ring (bicyclic) bond motifs is 1. The number of halogens is 5. The zero-order valence-corrected chi connectivity index (χ0v) is 16.9. The minimum Gasteiger partial charge on any atom is -0.311 e. The first-order valence-corrected chi connectivity index (χ1v) is 13.2. The lowest BCUT2D eigenvalue weighted by Crippen LogP contribution is -2.51. The molecule has 0 spiro atoms. The van der Waals surface area contributed by atoms with Gasteiger partial charge in [-0.25, -0.2) is 22.0 Å². The summed E-state index contributed by atoms with van der Waals surface area (Å²) in [6.07, 6.45) is 1.87. The predicted molar refractivity (Wildman–Crippen MR) is 97.9 cm³/mol. The summed E-state index contributed by atoms with van der Waals surface area (Å²) in [6, 6.07) is 0. The zero-order chi connectivity index (χ0) is 19.4. The monoisotopic (exact) mass is 447 g/mol. The van der Waals surface area contributed by atoms with Crippen molar-refractivity contribution in [3.05, 3.63) is 41.2 Å². The van der Waals surface area contributed by atoms with Gasteiger partial charge in [-0.05, 0) is 55.3 Å². The molecule has 0 bridgehead atoms. The van der Waals surface area contributed by atoms with Gasteiger partial charge in [-0.1, -0.05) is 23.5 Å². The Morgan fingerprint density at radius 3 is 2.31 bits per heavy atom. The summed E-state index contributed by atoms with van der Waals surface area (Å²) >= 11 is 6.98. The average Bonchev–Trinajstić information content (AvgIpc) is 2.84. The summed E-state index contributed by atoms with van der Waals surface area (Å²) in [5.41, 5.74) is 6.23. The van der Waals surface area contributed by atoms with E-state index in [1.165, 1.54) is 11.4 Å². The number of allylic oxidation sites excluding steroid dienone is 1. The Balaban J connectivity index is 1.91. The normalized spacial score (nSPS) is 34.0. The predicted octanol–water partition coefficient (Wildman–Crippen LogP) is 5.86. The summed E-state index contributed by atoms with van der Waals surface area (Å²) in [5, 5.41) is -0.224. The molecule has 0 aromatic heterocycles. The molecule has 144 valence electrons. The molecule has 2 fully saturated rings. The van der Waals surface area contributed by atoms with E-state index in [0.29, 0.717) is 24.2 Å². The van der Waals surface area contributed by atoms with Crippen molar-refractivity contribution in [3.63, 3.8) is 0 Å². The van der Waals surface area contributed by atoms with E-state index in [4.69, 9.17) is 22.1 Å². The van der Waals surface area contributed by atoms with Gasteiger partial charge in [0.15, 0.2) is 27.9 Å². The molecule has 1 heterocycles. The van der Waals surface area contributed by atoms with Gasteiger partial charge in [-0.2, -0.15) is 0 Å². The average molecular weight is 447 g/mol. The lowest BCUT2D eigenvalue weighted by molar-refractivity contribution is 0.0570. The number of benzene rings is 1. The van der Waals surface area contributed by atoms with Crippen LogP contribution in [0.1, 0.15) is 26.2 Å². The van der Waals surface area contributed by atoms with Gasteiger partial charge < -0.3 is 10.3 Å². The molecule has 0 amide bonds. The van der Waals surface area contributed by atoms with Crippen molar-refractivity contribution in [3.8, 4) is 0 Å². The van der Waals surface area contributed by atoms with Crippen LogP contribution in [0.3, 0.4) is 0 Å². The van der Waals surface area contributed by atoms with Crippen LogP contribution in [0.5, 0.6) is 0 Å². The highest BCUT2D eigenvalue weighted by atomic mass is 33.2. The third-order valence-corrected chi connectivity index (χ3v) is 13.3. The van der Waals surface area contributed by atoms with Crippen molar-refractivity contribution in [2.45, 2.75) is 42.1 Å². The van der Waals surface area contributed by atoms with Gasteiger partial charge in [-0.3, -0.25) is 0 Å². The van der Waals surface area contributed by atoms with Crippen LogP contribution in [0.2, 0.25) is 0 Å². The standard InChI is InChI=1S/C15H15F5NOPS3/c1-6(2)7-3-4-15(21)8(5-7)25-23(24,22-15)26-14-12(19)10(17)9(16)11(18)13(14)20/h7-8H,1,3-5,21H2,2H3/t7-,8+,15+,23-/m0/s1. The Morgan fingerprint density at radius 2 is 1.77 bits per heavy atom. The van der Waals surface area contributed by atoms with E-state index in [1.807, 2.05) is 6.92 Å². The summed E-state index contributed by atoms with van der Waals surface area (Å²) in [4.78, 5) is -1.02. The molecule has 0 unspecified atom stereocenters. The first-order chi connectivity index (χ1) is 12.0. The Kier molecular flexibility index (Phi) is 5.58. The van der Waals surface area contributed by atoms with Gasteiger partial charge >= 0.3 is 0 Å². The molecule has 4 atom stereocenters. The molecule has 3 rings (SSSR count). The van der Waals surface area contributed by atoms with E-state index in [0.717, 1.165) is 12.0 Å². The fraction of sp³-hybridized carbons (Fsp3) is 0.467. The van der Waals surface area contributed by atoms with Crippen molar-refractivity contribution in [1.82, 2.24) is 0 Å². The topological polar surface area (TPSA) is 35.2 Å².